The molecule has 0 bridgehead atoms. The summed E-state index contributed by atoms with van der Waals surface area (Å²) in [6.45, 7) is 6.84. The molecule has 1 saturated heterocycles. The van der Waals surface area contributed by atoms with Crippen LogP contribution in [0.2, 0.25) is 0 Å². The maximum absolute atomic E-state index is 5.23. The number of nitrogens with one attached hydrogen (secondary N) is 1. The van der Waals surface area contributed by atoms with Crippen LogP contribution >= 0.6 is 0 Å². The largest absolute Gasteiger partial charge is 0.497 e. The third-order valence-electron chi connectivity index (χ3n) is 3.39. The predicted octanol–water partition coefficient (Wildman–Crippen LogP) is 2.59. The summed E-state index contributed by atoms with van der Waals surface area (Å²) in [4.78, 5) is 2.51. The lowest BCUT2D eigenvalue weighted by molar-refractivity contribution is 0.274. The zero-order chi connectivity index (χ0) is 12.3. The number of likely N-dealkylation sites (tertiary alicyclic amines) is 1. The molecule has 0 amide bonds. The summed E-state index contributed by atoms with van der Waals surface area (Å²) >= 11 is 0. The van der Waals surface area contributed by atoms with E-state index in [1.807, 2.05) is 12.1 Å². The summed E-state index contributed by atoms with van der Waals surface area (Å²) in [6, 6.07) is 9.35. The molecule has 1 atom stereocenters. The molecule has 2 rings (SSSR count). The highest BCUT2D eigenvalue weighted by Gasteiger charge is 2.23. The van der Waals surface area contributed by atoms with Crippen molar-refractivity contribution in [3.05, 3.63) is 24.3 Å². The van der Waals surface area contributed by atoms with Crippen molar-refractivity contribution in [2.75, 3.05) is 25.5 Å². The number of benzene rings is 1. The van der Waals surface area contributed by atoms with Crippen LogP contribution in [0.3, 0.4) is 0 Å². The van der Waals surface area contributed by atoms with Gasteiger partial charge < -0.3 is 10.1 Å². The quantitative estimate of drug-likeness (QED) is 0.866. The first-order valence-corrected chi connectivity index (χ1v) is 6.33. The van der Waals surface area contributed by atoms with Crippen molar-refractivity contribution in [2.45, 2.75) is 32.4 Å². The van der Waals surface area contributed by atoms with Crippen LogP contribution in [0.1, 0.15) is 20.3 Å². The molecule has 0 saturated carbocycles. The Balaban J connectivity index is 1.93. The molecule has 1 heterocycles. The van der Waals surface area contributed by atoms with Crippen molar-refractivity contribution in [1.82, 2.24) is 4.90 Å². The predicted molar refractivity (Wildman–Crippen MR) is 71.7 cm³/mol. The number of methoxy groups -OCH3 is 1. The minimum atomic E-state index is 0.560. The zero-order valence-electron chi connectivity index (χ0n) is 10.9. The third kappa shape index (κ3) is 3.13. The van der Waals surface area contributed by atoms with E-state index < -0.39 is 0 Å². The molecule has 0 radical (unpaired) electrons. The average molecular weight is 234 g/mol. The van der Waals surface area contributed by atoms with Gasteiger partial charge in [-0.3, -0.25) is 4.90 Å². The first-order valence-electron chi connectivity index (χ1n) is 6.33. The Morgan fingerprint density at radius 2 is 2.24 bits per heavy atom. The molecule has 0 aromatic heterocycles. The van der Waals surface area contributed by atoms with E-state index in [-0.39, 0.29) is 0 Å². The Bertz CT molecular complexity index is 365. The normalized spacial score (nSPS) is 20.8. The summed E-state index contributed by atoms with van der Waals surface area (Å²) in [5, 5.41) is 3.58. The fourth-order valence-electron chi connectivity index (χ4n) is 2.32. The maximum atomic E-state index is 5.23. The van der Waals surface area contributed by atoms with Crippen molar-refractivity contribution < 1.29 is 4.74 Å². The molecule has 17 heavy (non-hydrogen) atoms. The lowest BCUT2D eigenvalue weighted by Gasteiger charge is -2.21. The number of anilines is 1. The smallest absolute Gasteiger partial charge is 0.120 e. The second-order valence-corrected chi connectivity index (χ2v) is 4.95. The molecule has 0 aliphatic carbocycles. The Hall–Kier alpha value is -1.22. The molecular formula is C14H22N2O. The van der Waals surface area contributed by atoms with Gasteiger partial charge in [-0.25, -0.2) is 0 Å². The van der Waals surface area contributed by atoms with Crippen LogP contribution < -0.4 is 10.1 Å². The van der Waals surface area contributed by atoms with Crippen LogP contribution in [0.5, 0.6) is 5.75 Å². The van der Waals surface area contributed by atoms with Gasteiger partial charge in [-0.1, -0.05) is 6.07 Å². The molecule has 1 aromatic carbocycles. The number of rotatable bonds is 4. The molecule has 1 fully saturated rings. The highest BCUT2D eigenvalue weighted by molar-refractivity contribution is 5.49. The SMILES string of the molecule is COc1cccc(NC2CCN(C(C)C)C2)c1. The zero-order valence-corrected chi connectivity index (χ0v) is 10.9. The molecule has 1 aliphatic heterocycles. The van der Waals surface area contributed by atoms with Crippen LogP contribution in [-0.2, 0) is 0 Å². The molecule has 94 valence electrons. The minimum absolute atomic E-state index is 0.560. The molecule has 1 aliphatic rings. The lowest BCUT2D eigenvalue weighted by Crippen LogP contribution is -2.31. The summed E-state index contributed by atoms with van der Waals surface area (Å²) in [5.74, 6) is 0.911. The van der Waals surface area contributed by atoms with Gasteiger partial charge in [0.2, 0.25) is 0 Å². The lowest BCUT2D eigenvalue weighted by atomic mass is 10.2. The van der Waals surface area contributed by atoms with Crippen LogP contribution in [0.25, 0.3) is 0 Å². The molecule has 3 heteroatoms. The second kappa shape index (κ2) is 5.41. The summed E-state index contributed by atoms with van der Waals surface area (Å²) in [6.07, 6.45) is 1.22. The Morgan fingerprint density at radius 1 is 1.41 bits per heavy atom. The van der Waals surface area contributed by atoms with Crippen LogP contribution in [-0.4, -0.2) is 37.2 Å². The van der Waals surface area contributed by atoms with Crippen molar-refractivity contribution >= 4 is 5.69 Å². The van der Waals surface area contributed by atoms with Gasteiger partial charge in [-0.2, -0.15) is 0 Å². The Labute approximate surface area is 104 Å². The molecule has 3 nitrogen and oxygen atoms in total. The minimum Gasteiger partial charge on any atom is -0.497 e. The van der Waals surface area contributed by atoms with Gasteiger partial charge in [-0.05, 0) is 32.4 Å². The number of hydrogen-bond acceptors (Lipinski definition) is 3. The number of hydrogen-bond donors (Lipinski definition) is 1. The summed E-state index contributed by atoms with van der Waals surface area (Å²) in [5.41, 5.74) is 1.15. The van der Waals surface area contributed by atoms with Gasteiger partial charge in [0.15, 0.2) is 0 Å². The second-order valence-electron chi connectivity index (χ2n) is 4.95. The highest BCUT2D eigenvalue weighted by atomic mass is 16.5. The van der Waals surface area contributed by atoms with E-state index in [0.717, 1.165) is 18.0 Å². The fraction of sp³-hybridized carbons (Fsp3) is 0.571. The van der Waals surface area contributed by atoms with Gasteiger partial charge >= 0.3 is 0 Å². The standard InChI is InChI=1S/C14H22N2O/c1-11(2)16-8-7-13(10-16)15-12-5-4-6-14(9-12)17-3/h4-6,9,11,13,15H,7-8,10H2,1-3H3. The Morgan fingerprint density at radius 3 is 2.88 bits per heavy atom. The van der Waals surface area contributed by atoms with Gasteiger partial charge in [0.25, 0.3) is 0 Å². The van der Waals surface area contributed by atoms with Gasteiger partial charge in [0.05, 0.1) is 7.11 Å². The molecule has 1 N–H and O–H groups in total. The van der Waals surface area contributed by atoms with E-state index in [2.05, 4.69) is 36.2 Å². The maximum Gasteiger partial charge on any atom is 0.120 e. The third-order valence-corrected chi connectivity index (χ3v) is 3.39. The molecule has 1 unspecified atom stereocenters. The molecule has 1 aromatic rings. The topological polar surface area (TPSA) is 24.5 Å². The number of nitrogens with zero attached hydrogens (tertiary/aromatic N) is 1. The first-order chi connectivity index (χ1) is 8.19. The van der Waals surface area contributed by atoms with E-state index in [9.17, 15) is 0 Å². The highest BCUT2D eigenvalue weighted by Crippen LogP contribution is 2.21. The first kappa shape index (κ1) is 12.2. The van der Waals surface area contributed by atoms with E-state index >= 15 is 0 Å². The Kier molecular flexibility index (Phi) is 3.89. The van der Waals surface area contributed by atoms with Crippen LogP contribution in [0.15, 0.2) is 24.3 Å². The molecule has 0 spiro atoms. The average Bonchev–Trinajstić information content (AvgIpc) is 2.78. The van der Waals surface area contributed by atoms with Gasteiger partial charge in [0.1, 0.15) is 5.75 Å². The van der Waals surface area contributed by atoms with E-state index in [4.69, 9.17) is 4.74 Å². The van der Waals surface area contributed by atoms with Crippen LogP contribution in [0.4, 0.5) is 5.69 Å². The van der Waals surface area contributed by atoms with Crippen LogP contribution in [0, 0.1) is 0 Å². The summed E-state index contributed by atoms with van der Waals surface area (Å²) < 4.78 is 5.23. The fourth-order valence-corrected chi connectivity index (χ4v) is 2.32. The molecular weight excluding hydrogens is 212 g/mol. The van der Waals surface area contributed by atoms with Gasteiger partial charge in [0, 0.05) is 36.9 Å². The monoisotopic (exact) mass is 234 g/mol. The van der Waals surface area contributed by atoms with Crippen molar-refractivity contribution in [1.29, 1.82) is 0 Å². The summed E-state index contributed by atoms with van der Waals surface area (Å²) in [7, 11) is 1.70. The van der Waals surface area contributed by atoms with Crippen molar-refractivity contribution in [3.63, 3.8) is 0 Å². The van der Waals surface area contributed by atoms with Crippen molar-refractivity contribution in [3.8, 4) is 5.75 Å². The van der Waals surface area contributed by atoms with Gasteiger partial charge in [-0.15, -0.1) is 0 Å². The van der Waals surface area contributed by atoms with Crippen molar-refractivity contribution in [2.24, 2.45) is 0 Å². The van der Waals surface area contributed by atoms with E-state index in [1.54, 1.807) is 7.11 Å². The number of ether oxygens (including phenoxy) is 1. The van der Waals surface area contributed by atoms with E-state index in [0.29, 0.717) is 12.1 Å². The van der Waals surface area contributed by atoms with E-state index in [1.165, 1.54) is 13.0 Å².